The molecule has 2 heterocycles. The smallest absolute Gasteiger partial charge is 0.396 e. The number of benzene rings is 2. The van der Waals surface area contributed by atoms with Crippen molar-refractivity contribution in [1.29, 1.82) is 0 Å². The molecule has 1 N–H and O–H groups in total. The Kier molecular flexibility index (Phi) is 7.09. The predicted octanol–water partition coefficient (Wildman–Crippen LogP) is 5.71. The third-order valence-electron chi connectivity index (χ3n) is 6.97. The van der Waals surface area contributed by atoms with Crippen molar-refractivity contribution in [2.75, 3.05) is 13.2 Å². The standard InChI is InChI=1S/C25H24F7NO3/c1-13(16-8-17(24(27,28)29)10-18(9-16)25(30,31)32)36-21-11-33-20(7-4-15(12-34)23(33)35)22(21)14-2-5-19(26)6-3-14/h2-3,5-6,8-10,13,15,20-22,34H,4,7,11-12H2,1H3/t13-,15?,20+,21+,22?/m1/s1. The van der Waals surface area contributed by atoms with Crippen molar-refractivity contribution in [1.82, 2.24) is 4.90 Å². The van der Waals surface area contributed by atoms with E-state index in [9.17, 15) is 40.6 Å². The number of hydrogen-bond acceptors (Lipinski definition) is 3. The molecule has 1 amide bonds. The van der Waals surface area contributed by atoms with Crippen LogP contribution in [0.3, 0.4) is 0 Å². The zero-order chi connectivity index (χ0) is 26.4. The molecule has 0 aromatic heterocycles. The van der Waals surface area contributed by atoms with E-state index < -0.39 is 53.3 Å². The number of piperidine rings is 1. The second-order valence-corrected chi connectivity index (χ2v) is 9.25. The van der Waals surface area contributed by atoms with Gasteiger partial charge in [0.05, 0.1) is 35.9 Å². The summed E-state index contributed by atoms with van der Waals surface area (Å²) in [4.78, 5) is 14.4. The van der Waals surface area contributed by atoms with Crippen LogP contribution >= 0.6 is 0 Å². The van der Waals surface area contributed by atoms with Crippen molar-refractivity contribution in [3.8, 4) is 0 Å². The fourth-order valence-electron chi connectivity index (χ4n) is 5.18. The third kappa shape index (κ3) is 5.22. The normalized spacial score (nSPS) is 25.7. The lowest BCUT2D eigenvalue weighted by atomic mass is 9.83. The summed E-state index contributed by atoms with van der Waals surface area (Å²) in [5.74, 6) is -1.85. The van der Waals surface area contributed by atoms with E-state index in [0.717, 1.165) is 0 Å². The molecule has 5 atom stereocenters. The Morgan fingerprint density at radius 2 is 1.58 bits per heavy atom. The number of amides is 1. The molecular formula is C25H24F7NO3. The van der Waals surface area contributed by atoms with Crippen molar-refractivity contribution in [3.05, 3.63) is 70.5 Å². The maximum absolute atomic E-state index is 13.6. The first-order valence-corrected chi connectivity index (χ1v) is 11.4. The lowest BCUT2D eigenvalue weighted by Crippen LogP contribution is -2.46. The highest BCUT2D eigenvalue weighted by Gasteiger charge is 2.49. The summed E-state index contributed by atoms with van der Waals surface area (Å²) in [5.41, 5.74) is -2.55. The Hall–Kier alpha value is -2.66. The molecular weight excluding hydrogens is 495 g/mol. The molecule has 4 nitrogen and oxygen atoms in total. The Balaban J connectivity index is 1.68. The van der Waals surface area contributed by atoms with Crippen LogP contribution in [0.25, 0.3) is 0 Å². The monoisotopic (exact) mass is 519 g/mol. The van der Waals surface area contributed by atoms with E-state index in [4.69, 9.17) is 4.74 Å². The van der Waals surface area contributed by atoms with Crippen LogP contribution in [-0.2, 0) is 21.9 Å². The second kappa shape index (κ2) is 9.66. The highest BCUT2D eigenvalue weighted by atomic mass is 19.4. The molecule has 2 saturated heterocycles. The molecule has 2 aliphatic rings. The van der Waals surface area contributed by atoms with E-state index in [0.29, 0.717) is 30.5 Å². The van der Waals surface area contributed by atoms with Gasteiger partial charge in [-0.3, -0.25) is 4.79 Å². The van der Waals surface area contributed by atoms with E-state index in [2.05, 4.69) is 0 Å². The van der Waals surface area contributed by atoms with Crippen molar-refractivity contribution in [3.63, 3.8) is 0 Å². The number of rotatable bonds is 5. The molecule has 2 aromatic carbocycles. The summed E-state index contributed by atoms with van der Waals surface area (Å²) in [6.45, 7) is 1.06. The quantitative estimate of drug-likeness (QED) is 0.516. The first kappa shape index (κ1) is 26.4. The number of nitrogens with zero attached hydrogens (tertiary/aromatic N) is 1. The van der Waals surface area contributed by atoms with Crippen LogP contribution in [-0.4, -0.2) is 41.2 Å². The lowest BCUT2D eigenvalue weighted by molar-refractivity contribution is -0.144. The molecule has 2 aromatic rings. The molecule has 0 bridgehead atoms. The van der Waals surface area contributed by atoms with Gasteiger partial charge in [0.25, 0.3) is 0 Å². The minimum atomic E-state index is -4.99. The van der Waals surface area contributed by atoms with Gasteiger partial charge in [0.15, 0.2) is 0 Å². The first-order chi connectivity index (χ1) is 16.8. The Morgan fingerprint density at radius 1 is 1.00 bits per heavy atom. The number of alkyl halides is 6. The minimum Gasteiger partial charge on any atom is -0.396 e. The summed E-state index contributed by atoms with van der Waals surface area (Å²) in [7, 11) is 0. The Labute approximate surface area is 202 Å². The van der Waals surface area contributed by atoms with Gasteiger partial charge in [0, 0.05) is 18.5 Å². The van der Waals surface area contributed by atoms with Crippen LogP contribution in [0.2, 0.25) is 0 Å². The highest BCUT2D eigenvalue weighted by molar-refractivity contribution is 5.80. The van der Waals surface area contributed by atoms with Gasteiger partial charge in [-0.25, -0.2) is 4.39 Å². The molecule has 2 unspecified atom stereocenters. The van der Waals surface area contributed by atoms with Crippen LogP contribution in [0.4, 0.5) is 30.7 Å². The molecule has 0 aliphatic carbocycles. The van der Waals surface area contributed by atoms with Gasteiger partial charge in [-0.15, -0.1) is 0 Å². The summed E-state index contributed by atoms with van der Waals surface area (Å²) in [6, 6.07) is 6.48. The Bertz CT molecular complexity index is 1070. The summed E-state index contributed by atoms with van der Waals surface area (Å²) in [6.07, 6.45) is -11.0. The number of fused-ring (bicyclic) bond motifs is 1. The van der Waals surface area contributed by atoms with Gasteiger partial charge in [-0.1, -0.05) is 12.1 Å². The molecule has 4 rings (SSSR count). The summed E-state index contributed by atoms with van der Waals surface area (Å²) in [5, 5.41) is 9.53. The van der Waals surface area contributed by atoms with Gasteiger partial charge >= 0.3 is 12.4 Å². The van der Waals surface area contributed by atoms with Crippen molar-refractivity contribution >= 4 is 5.91 Å². The van der Waals surface area contributed by atoms with Crippen LogP contribution in [0.5, 0.6) is 0 Å². The fourth-order valence-corrected chi connectivity index (χ4v) is 5.18. The largest absolute Gasteiger partial charge is 0.416 e. The highest BCUT2D eigenvalue weighted by Crippen LogP contribution is 2.44. The summed E-state index contributed by atoms with van der Waals surface area (Å²) >= 11 is 0. The number of carbonyl (C=O) groups is 1. The van der Waals surface area contributed by atoms with Crippen LogP contribution in [0, 0.1) is 11.7 Å². The molecule has 2 aliphatic heterocycles. The molecule has 11 heteroatoms. The SMILES string of the molecule is C[C@@H](O[C@H]1CN2C(=O)C(CO)CC[C@H]2C1c1ccc(F)cc1)c1cc(C(F)(F)F)cc(C(F)(F)F)c1. The topological polar surface area (TPSA) is 49.8 Å². The molecule has 0 saturated carbocycles. The summed E-state index contributed by atoms with van der Waals surface area (Å²) < 4.78 is 99.6. The van der Waals surface area contributed by atoms with E-state index >= 15 is 0 Å². The minimum absolute atomic E-state index is 0.0392. The van der Waals surface area contributed by atoms with Gasteiger partial charge in [-0.05, 0) is 61.2 Å². The van der Waals surface area contributed by atoms with Crippen molar-refractivity contribution < 1.29 is 45.4 Å². The number of hydrogen-bond donors (Lipinski definition) is 1. The van der Waals surface area contributed by atoms with Crippen LogP contribution in [0.1, 0.15) is 54.0 Å². The molecule has 2 fully saturated rings. The zero-order valence-corrected chi connectivity index (χ0v) is 19.1. The fraction of sp³-hybridized carbons (Fsp3) is 0.480. The first-order valence-electron chi connectivity index (χ1n) is 11.4. The number of carbonyl (C=O) groups excluding carboxylic acids is 1. The number of aliphatic hydroxyl groups excluding tert-OH is 1. The van der Waals surface area contributed by atoms with Gasteiger partial charge in [-0.2, -0.15) is 26.3 Å². The van der Waals surface area contributed by atoms with Crippen LogP contribution in [0.15, 0.2) is 42.5 Å². The average Bonchev–Trinajstić information content (AvgIpc) is 3.17. The molecule has 0 radical (unpaired) electrons. The molecule has 0 spiro atoms. The molecule has 196 valence electrons. The lowest BCUT2D eigenvalue weighted by Gasteiger charge is -2.36. The Morgan fingerprint density at radius 3 is 2.11 bits per heavy atom. The average molecular weight is 519 g/mol. The van der Waals surface area contributed by atoms with Gasteiger partial charge < -0.3 is 14.7 Å². The molecule has 36 heavy (non-hydrogen) atoms. The van der Waals surface area contributed by atoms with E-state index in [-0.39, 0.29) is 36.7 Å². The van der Waals surface area contributed by atoms with Crippen molar-refractivity contribution in [2.24, 2.45) is 5.92 Å². The number of aliphatic hydroxyl groups is 1. The maximum atomic E-state index is 13.6. The number of ether oxygens (including phenoxy) is 1. The zero-order valence-electron chi connectivity index (χ0n) is 19.1. The van der Waals surface area contributed by atoms with Crippen LogP contribution < -0.4 is 0 Å². The second-order valence-electron chi connectivity index (χ2n) is 9.25. The third-order valence-corrected chi connectivity index (χ3v) is 6.97. The predicted molar refractivity (Wildman–Crippen MR) is 114 cm³/mol. The van der Waals surface area contributed by atoms with Gasteiger partial charge in [0.1, 0.15) is 5.82 Å². The van der Waals surface area contributed by atoms with Gasteiger partial charge in [0.2, 0.25) is 5.91 Å². The number of halogens is 7. The van der Waals surface area contributed by atoms with E-state index in [1.807, 2.05) is 0 Å². The van der Waals surface area contributed by atoms with E-state index in [1.165, 1.54) is 31.2 Å². The van der Waals surface area contributed by atoms with Crippen molar-refractivity contribution in [2.45, 2.75) is 56.3 Å². The maximum Gasteiger partial charge on any atom is 0.416 e. The van der Waals surface area contributed by atoms with E-state index in [1.54, 1.807) is 4.90 Å².